The summed E-state index contributed by atoms with van der Waals surface area (Å²) in [4.78, 5) is 22.3. The molecule has 1 N–H and O–H groups in total. The highest BCUT2D eigenvalue weighted by Gasteiger charge is 2.13. The molecule has 2 aromatic carbocycles. The fourth-order valence-corrected chi connectivity index (χ4v) is 2.99. The van der Waals surface area contributed by atoms with Crippen LogP contribution in [0, 0.1) is 10.1 Å². The molecule has 27 heavy (non-hydrogen) atoms. The highest BCUT2D eigenvalue weighted by molar-refractivity contribution is 9.10. The summed E-state index contributed by atoms with van der Waals surface area (Å²) < 4.78 is 6.17. The van der Waals surface area contributed by atoms with Crippen molar-refractivity contribution >= 4 is 45.3 Å². The zero-order chi connectivity index (χ0) is 19.4. The van der Waals surface area contributed by atoms with Gasteiger partial charge in [0.05, 0.1) is 11.1 Å². The summed E-state index contributed by atoms with van der Waals surface area (Å²) in [6, 6.07) is 14.2. The summed E-state index contributed by atoms with van der Waals surface area (Å²) in [5.74, 6) is 0.500. The maximum Gasteiger partial charge on any atom is 0.271 e. The molecule has 0 aliphatic carbocycles. The Labute approximate surface area is 166 Å². The summed E-state index contributed by atoms with van der Waals surface area (Å²) in [6.07, 6.45) is 1.35. The molecule has 0 atom stereocenters. The lowest BCUT2D eigenvalue weighted by Gasteiger charge is -2.01. The number of amides is 1. The third kappa shape index (κ3) is 4.60. The van der Waals surface area contributed by atoms with Crippen molar-refractivity contribution in [2.75, 3.05) is 0 Å². The maximum absolute atomic E-state index is 12.0. The van der Waals surface area contributed by atoms with Gasteiger partial charge < -0.3 is 4.42 Å². The second kappa shape index (κ2) is 8.15. The van der Waals surface area contributed by atoms with Gasteiger partial charge in [0, 0.05) is 32.8 Å². The minimum Gasteiger partial charge on any atom is -0.455 e. The first kappa shape index (κ1) is 18.8. The Kier molecular flexibility index (Phi) is 5.68. The van der Waals surface area contributed by atoms with E-state index in [2.05, 4.69) is 26.5 Å². The van der Waals surface area contributed by atoms with E-state index in [4.69, 9.17) is 16.0 Å². The third-order valence-electron chi connectivity index (χ3n) is 3.50. The first-order valence-corrected chi connectivity index (χ1v) is 8.74. The Morgan fingerprint density at radius 1 is 1.22 bits per heavy atom. The summed E-state index contributed by atoms with van der Waals surface area (Å²) in [5, 5.41) is 15.1. The number of nitro benzene ring substituents is 1. The second-order valence-electron chi connectivity index (χ2n) is 5.33. The standard InChI is InChI=1S/C18H11BrClN3O4/c19-16-9-13(23(25)26)4-6-15(16)17-7-5-14(27-17)10-21-22-18(24)11-2-1-3-12(20)8-11/h1-10H,(H,22,24)/b21-10-. The Balaban J connectivity index is 1.70. The molecule has 9 heteroatoms. The van der Waals surface area contributed by atoms with E-state index in [-0.39, 0.29) is 5.69 Å². The number of benzene rings is 2. The van der Waals surface area contributed by atoms with Crippen molar-refractivity contribution in [2.45, 2.75) is 0 Å². The summed E-state index contributed by atoms with van der Waals surface area (Å²) in [7, 11) is 0. The number of hydrogen-bond acceptors (Lipinski definition) is 5. The number of rotatable bonds is 5. The Hall–Kier alpha value is -2.97. The average Bonchev–Trinajstić information content (AvgIpc) is 3.10. The van der Waals surface area contributed by atoms with E-state index >= 15 is 0 Å². The van der Waals surface area contributed by atoms with E-state index < -0.39 is 10.8 Å². The number of halogens is 2. The van der Waals surface area contributed by atoms with E-state index in [1.54, 1.807) is 36.4 Å². The Morgan fingerprint density at radius 2 is 2.04 bits per heavy atom. The SMILES string of the molecule is O=C(N/N=C\c1ccc(-c2ccc([N+](=O)[O-])cc2Br)o1)c1cccc(Cl)c1. The van der Waals surface area contributed by atoms with Gasteiger partial charge in [0.25, 0.3) is 11.6 Å². The van der Waals surface area contributed by atoms with Gasteiger partial charge in [-0.1, -0.05) is 17.7 Å². The smallest absolute Gasteiger partial charge is 0.271 e. The predicted octanol–water partition coefficient (Wildman–Crippen LogP) is 5.03. The van der Waals surface area contributed by atoms with Crippen LogP contribution in [0.3, 0.4) is 0 Å². The molecule has 0 spiro atoms. The molecule has 0 radical (unpaired) electrons. The topological polar surface area (TPSA) is 97.7 Å². The Bertz CT molecular complexity index is 1050. The van der Waals surface area contributed by atoms with Crippen molar-refractivity contribution in [3.05, 3.63) is 85.5 Å². The van der Waals surface area contributed by atoms with E-state index in [1.807, 2.05) is 0 Å². The van der Waals surface area contributed by atoms with Crippen molar-refractivity contribution in [3.63, 3.8) is 0 Å². The van der Waals surface area contributed by atoms with Crippen LogP contribution in [-0.2, 0) is 0 Å². The van der Waals surface area contributed by atoms with Crippen LogP contribution in [0.1, 0.15) is 16.1 Å². The lowest BCUT2D eigenvalue weighted by Crippen LogP contribution is -2.17. The van der Waals surface area contributed by atoms with E-state index in [1.165, 1.54) is 24.4 Å². The second-order valence-corrected chi connectivity index (χ2v) is 6.62. The number of nitrogens with one attached hydrogen (secondary N) is 1. The molecule has 0 saturated heterocycles. The van der Waals surface area contributed by atoms with Crippen LogP contribution >= 0.6 is 27.5 Å². The van der Waals surface area contributed by atoms with Crippen molar-refractivity contribution in [2.24, 2.45) is 5.10 Å². The van der Waals surface area contributed by atoms with Crippen LogP contribution in [0.25, 0.3) is 11.3 Å². The first-order chi connectivity index (χ1) is 12.9. The highest BCUT2D eigenvalue weighted by atomic mass is 79.9. The number of carbonyl (C=O) groups is 1. The number of non-ortho nitro benzene ring substituents is 1. The van der Waals surface area contributed by atoms with Gasteiger partial charge >= 0.3 is 0 Å². The molecule has 136 valence electrons. The van der Waals surface area contributed by atoms with Crippen LogP contribution in [0.15, 0.2) is 68.6 Å². The number of hydrazone groups is 1. The molecule has 1 amide bonds. The maximum atomic E-state index is 12.0. The van der Waals surface area contributed by atoms with Gasteiger partial charge in [0.2, 0.25) is 0 Å². The highest BCUT2D eigenvalue weighted by Crippen LogP contribution is 2.32. The molecule has 1 aromatic heterocycles. The van der Waals surface area contributed by atoms with E-state index in [0.29, 0.717) is 32.1 Å². The normalized spacial score (nSPS) is 10.9. The van der Waals surface area contributed by atoms with E-state index in [0.717, 1.165) is 0 Å². The fraction of sp³-hybridized carbons (Fsp3) is 0. The summed E-state index contributed by atoms with van der Waals surface area (Å²) in [5.41, 5.74) is 3.40. The zero-order valence-electron chi connectivity index (χ0n) is 13.6. The molecule has 0 fully saturated rings. The molecule has 0 unspecified atom stereocenters. The lowest BCUT2D eigenvalue weighted by molar-refractivity contribution is -0.384. The number of nitrogens with zero attached hydrogens (tertiary/aromatic N) is 2. The minimum absolute atomic E-state index is 0.0253. The van der Waals surface area contributed by atoms with Gasteiger partial charge in [-0.25, -0.2) is 5.43 Å². The van der Waals surface area contributed by atoms with Gasteiger partial charge in [-0.2, -0.15) is 5.10 Å². The number of carbonyl (C=O) groups excluding carboxylic acids is 1. The largest absolute Gasteiger partial charge is 0.455 e. The fourth-order valence-electron chi connectivity index (χ4n) is 2.23. The van der Waals surface area contributed by atoms with Crippen LogP contribution in [0.5, 0.6) is 0 Å². The third-order valence-corrected chi connectivity index (χ3v) is 4.39. The van der Waals surface area contributed by atoms with Crippen molar-refractivity contribution in [3.8, 4) is 11.3 Å². The van der Waals surface area contributed by atoms with Crippen LogP contribution in [0.4, 0.5) is 5.69 Å². The molecular formula is C18H11BrClN3O4. The molecule has 7 nitrogen and oxygen atoms in total. The molecule has 1 heterocycles. The molecule has 3 rings (SSSR count). The molecule has 0 saturated carbocycles. The number of hydrogen-bond donors (Lipinski definition) is 1. The quantitative estimate of drug-likeness (QED) is 0.336. The van der Waals surface area contributed by atoms with Gasteiger partial charge in [-0.15, -0.1) is 0 Å². The molecule has 0 bridgehead atoms. The number of nitro groups is 1. The summed E-state index contributed by atoms with van der Waals surface area (Å²) >= 11 is 9.14. The molecule has 3 aromatic rings. The molecule has 0 aliphatic rings. The number of furan rings is 1. The van der Waals surface area contributed by atoms with Gasteiger partial charge in [0.15, 0.2) is 0 Å². The monoisotopic (exact) mass is 447 g/mol. The summed E-state index contributed by atoms with van der Waals surface area (Å²) in [6.45, 7) is 0. The first-order valence-electron chi connectivity index (χ1n) is 7.57. The van der Waals surface area contributed by atoms with E-state index in [9.17, 15) is 14.9 Å². The average molecular weight is 449 g/mol. The minimum atomic E-state index is -0.475. The van der Waals surface area contributed by atoms with Gasteiger partial charge in [-0.05, 0) is 52.3 Å². The van der Waals surface area contributed by atoms with Crippen molar-refractivity contribution in [1.29, 1.82) is 0 Å². The molecular weight excluding hydrogens is 438 g/mol. The van der Waals surface area contributed by atoms with Crippen LogP contribution in [0.2, 0.25) is 5.02 Å². The van der Waals surface area contributed by atoms with Crippen LogP contribution < -0.4 is 5.43 Å². The molecule has 0 aliphatic heterocycles. The lowest BCUT2D eigenvalue weighted by atomic mass is 10.1. The van der Waals surface area contributed by atoms with Crippen molar-refractivity contribution < 1.29 is 14.1 Å². The van der Waals surface area contributed by atoms with Crippen molar-refractivity contribution in [1.82, 2.24) is 5.43 Å². The Morgan fingerprint density at radius 3 is 2.74 bits per heavy atom. The van der Waals surface area contributed by atoms with Crippen LogP contribution in [-0.4, -0.2) is 17.0 Å². The van der Waals surface area contributed by atoms with Gasteiger partial charge in [0.1, 0.15) is 11.5 Å². The zero-order valence-corrected chi connectivity index (χ0v) is 15.9. The van der Waals surface area contributed by atoms with Gasteiger partial charge in [-0.3, -0.25) is 14.9 Å². The predicted molar refractivity (Wildman–Crippen MR) is 105 cm³/mol.